The van der Waals surface area contributed by atoms with Gasteiger partial charge >= 0.3 is 0 Å². The molecule has 0 aliphatic heterocycles. The molecule has 0 fully saturated rings. The van der Waals surface area contributed by atoms with Gasteiger partial charge in [-0.3, -0.25) is 0 Å². The molecule has 0 amide bonds. The van der Waals surface area contributed by atoms with Gasteiger partial charge in [0, 0.05) is 16.0 Å². The van der Waals surface area contributed by atoms with Gasteiger partial charge in [0.15, 0.2) is 0 Å². The second-order valence-corrected chi connectivity index (χ2v) is 7.04. The van der Waals surface area contributed by atoms with E-state index in [9.17, 15) is 0 Å². The summed E-state index contributed by atoms with van der Waals surface area (Å²) in [5.41, 5.74) is 4.48. The van der Waals surface area contributed by atoms with Crippen LogP contribution in [0.2, 0.25) is 5.02 Å². The molecule has 0 N–H and O–H groups in total. The molecule has 136 valence electrons. The lowest BCUT2D eigenvalue weighted by molar-refractivity contribution is 0.340. The van der Waals surface area contributed by atoms with Gasteiger partial charge in [-0.1, -0.05) is 49.9 Å². The molecule has 26 heavy (non-hydrogen) atoms. The van der Waals surface area contributed by atoms with E-state index in [1.807, 2.05) is 31.2 Å². The number of aryl methyl sites for hydroxylation is 1. The lowest BCUT2D eigenvalue weighted by atomic mass is 9.98. The first-order valence-electron chi connectivity index (χ1n) is 9.53. The maximum atomic E-state index is 6.07. The first-order valence-corrected chi connectivity index (χ1v) is 9.91. The number of aromatic nitrogens is 1. The summed E-state index contributed by atoms with van der Waals surface area (Å²) >= 11 is 6.07. The number of rotatable bonds is 8. The molecule has 1 aromatic heterocycles. The number of benzene rings is 2. The first kappa shape index (κ1) is 18.7. The number of hydrogen-bond acceptors (Lipinski definition) is 2. The highest BCUT2D eigenvalue weighted by Crippen LogP contribution is 2.30. The molecule has 0 aliphatic rings. The second-order valence-electron chi connectivity index (χ2n) is 6.60. The number of unbranched alkanes of at least 4 members (excludes halogenated alkanes) is 3. The molecule has 0 radical (unpaired) electrons. The Morgan fingerprint density at radius 3 is 2.46 bits per heavy atom. The van der Waals surface area contributed by atoms with Crippen LogP contribution in [-0.2, 0) is 6.42 Å². The molecule has 3 aromatic rings. The van der Waals surface area contributed by atoms with Gasteiger partial charge in [0.25, 0.3) is 0 Å². The Bertz CT molecular complexity index is 858. The normalized spacial score (nSPS) is 11.0. The highest BCUT2D eigenvalue weighted by Gasteiger charge is 2.10. The van der Waals surface area contributed by atoms with Gasteiger partial charge in [0.2, 0.25) is 0 Å². The molecule has 0 saturated heterocycles. The third-order valence-corrected chi connectivity index (χ3v) is 4.85. The second kappa shape index (κ2) is 9.05. The number of nitrogens with zero attached hydrogens (tertiary/aromatic N) is 1. The fourth-order valence-corrected chi connectivity index (χ4v) is 3.37. The SMILES string of the molecule is CCCCCCc1cc2cc(OCC)ccc2nc1-c1ccc(Cl)cc1. The van der Waals surface area contributed by atoms with Crippen LogP contribution in [0.3, 0.4) is 0 Å². The molecule has 0 unspecified atom stereocenters. The van der Waals surface area contributed by atoms with Gasteiger partial charge in [0.05, 0.1) is 17.8 Å². The predicted molar refractivity (Wildman–Crippen MR) is 111 cm³/mol. The van der Waals surface area contributed by atoms with Gasteiger partial charge in [-0.25, -0.2) is 4.98 Å². The third kappa shape index (κ3) is 4.56. The highest BCUT2D eigenvalue weighted by atomic mass is 35.5. The van der Waals surface area contributed by atoms with Gasteiger partial charge in [-0.05, 0) is 61.7 Å². The Morgan fingerprint density at radius 2 is 1.73 bits per heavy atom. The van der Waals surface area contributed by atoms with E-state index in [1.54, 1.807) is 0 Å². The number of pyridine rings is 1. The Balaban J connectivity index is 2.01. The molecule has 3 heteroatoms. The Kier molecular flexibility index (Phi) is 6.51. The fourth-order valence-electron chi connectivity index (χ4n) is 3.25. The van der Waals surface area contributed by atoms with Crippen LogP contribution in [0.1, 0.15) is 45.1 Å². The van der Waals surface area contributed by atoms with Crippen molar-refractivity contribution in [1.29, 1.82) is 0 Å². The smallest absolute Gasteiger partial charge is 0.120 e. The van der Waals surface area contributed by atoms with Crippen molar-refractivity contribution >= 4 is 22.5 Å². The van der Waals surface area contributed by atoms with Crippen LogP contribution in [0.25, 0.3) is 22.2 Å². The van der Waals surface area contributed by atoms with E-state index in [4.69, 9.17) is 21.3 Å². The van der Waals surface area contributed by atoms with Crippen LogP contribution in [0.5, 0.6) is 5.75 Å². The largest absolute Gasteiger partial charge is 0.494 e. The van der Waals surface area contributed by atoms with Crippen LogP contribution < -0.4 is 4.74 Å². The van der Waals surface area contributed by atoms with Crippen molar-refractivity contribution in [2.75, 3.05) is 6.61 Å². The highest BCUT2D eigenvalue weighted by molar-refractivity contribution is 6.30. The molecule has 1 heterocycles. The summed E-state index contributed by atoms with van der Waals surface area (Å²) in [6.07, 6.45) is 6.02. The Morgan fingerprint density at radius 1 is 0.923 bits per heavy atom. The van der Waals surface area contributed by atoms with Crippen molar-refractivity contribution in [3.8, 4) is 17.0 Å². The van der Waals surface area contributed by atoms with Crippen LogP contribution in [0.15, 0.2) is 48.5 Å². The number of fused-ring (bicyclic) bond motifs is 1. The number of ether oxygens (including phenoxy) is 1. The molecule has 0 spiro atoms. The lowest BCUT2D eigenvalue weighted by Crippen LogP contribution is -1.97. The van der Waals surface area contributed by atoms with E-state index >= 15 is 0 Å². The molecule has 2 nitrogen and oxygen atoms in total. The van der Waals surface area contributed by atoms with E-state index in [0.29, 0.717) is 6.61 Å². The summed E-state index contributed by atoms with van der Waals surface area (Å²) in [5.74, 6) is 0.901. The van der Waals surface area contributed by atoms with Gasteiger partial charge in [-0.15, -0.1) is 0 Å². The van der Waals surface area contributed by atoms with Crippen LogP contribution in [0.4, 0.5) is 0 Å². The topological polar surface area (TPSA) is 22.1 Å². The van der Waals surface area contributed by atoms with Crippen molar-refractivity contribution in [2.24, 2.45) is 0 Å². The molecule has 3 rings (SSSR count). The molecule has 0 aliphatic carbocycles. The molecule has 2 aromatic carbocycles. The predicted octanol–water partition coefficient (Wildman–Crippen LogP) is 7.08. The summed E-state index contributed by atoms with van der Waals surface area (Å²) in [7, 11) is 0. The molecule has 0 bridgehead atoms. The third-order valence-electron chi connectivity index (χ3n) is 4.59. The van der Waals surface area contributed by atoms with Crippen molar-refractivity contribution in [1.82, 2.24) is 4.98 Å². The maximum Gasteiger partial charge on any atom is 0.120 e. The zero-order valence-electron chi connectivity index (χ0n) is 15.6. The number of halogens is 1. The first-order chi connectivity index (χ1) is 12.7. The van der Waals surface area contributed by atoms with E-state index in [0.717, 1.165) is 39.4 Å². The summed E-state index contributed by atoms with van der Waals surface area (Å²) in [4.78, 5) is 4.98. The van der Waals surface area contributed by atoms with Crippen LogP contribution in [0, 0.1) is 0 Å². The average Bonchev–Trinajstić information content (AvgIpc) is 2.65. The van der Waals surface area contributed by atoms with E-state index < -0.39 is 0 Å². The molecular formula is C23H26ClNO. The quantitative estimate of drug-likeness (QED) is 0.397. The zero-order valence-corrected chi connectivity index (χ0v) is 16.4. The monoisotopic (exact) mass is 367 g/mol. The zero-order chi connectivity index (χ0) is 18.4. The van der Waals surface area contributed by atoms with Crippen molar-refractivity contribution in [3.63, 3.8) is 0 Å². The maximum absolute atomic E-state index is 6.07. The summed E-state index contributed by atoms with van der Waals surface area (Å²) in [6.45, 7) is 4.92. The molecular weight excluding hydrogens is 342 g/mol. The Hall–Kier alpha value is -2.06. The lowest BCUT2D eigenvalue weighted by Gasteiger charge is -2.12. The summed E-state index contributed by atoms with van der Waals surface area (Å²) in [5, 5.41) is 1.89. The molecule has 0 atom stereocenters. The minimum absolute atomic E-state index is 0.672. The van der Waals surface area contributed by atoms with Crippen molar-refractivity contribution < 1.29 is 4.74 Å². The minimum Gasteiger partial charge on any atom is -0.494 e. The van der Waals surface area contributed by atoms with E-state index in [2.05, 4.69) is 31.2 Å². The van der Waals surface area contributed by atoms with Gasteiger partial charge < -0.3 is 4.74 Å². The van der Waals surface area contributed by atoms with Crippen molar-refractivity contribution in [2.45, 2.75) is 46.0 Å². The minimum atomic E-state index is 0.672. The van der Waals surface area contributed by atoms with Crippen LogP contribution in [-0.4, -0.2) is 11.6 Å². The summed E-state index contributed by atoms with van der Waals surface area (Å²) < 4.78 is 5.65. The van der Waals surface area contributed by atoms with E-state index in [-0.39, 0.29) is 0 Å². The molecule has 0 saturated carbocycles. The van der Waals surface area contributed by atoms with Gasteiger partial charge in [0.1, 0.15) is 5.75 Å². The summed E-state index contributed by atoms with van der Waals surface area (Å²) in [6, 6.07) is 16.4. The van der Waals surface area contributed by atoms with Gasteiger partial charge in [-0.2, -0.15) is 0 Å². The van der Waals surface area contributed by atoms with Crippen LogP contribution >= 0.6 is 11.6 Å². The van der Waals surface area contributed by atoms with E-state index in [1.165, 1.54) is 31.2 Å². The fraction of sp³-hybridized carbons (Fsp3) is 0.348. The Labute approximate surface area is 161 Å². The van der Waals surface area contributed by atoms with Crippen molar-refractivity contribution in [3.05, 3.63) is 59.1 Å². The number of hydrogen-bond donors (Lipinski definition) is 0. The standard InChI is InChI=1S/C23H26ClNO/c1-3-5-6-7-8-18-15-19-16-21(26-4-2)13-14-22(19)25-23(18)17-9-11-20(24)12-10-17/h9-16H,3-8H2,1-2H3. The average molecular weight is 368 g/mol.